The molecule has 4 nitrogen and oxygen atoms in total. The molecule has 1 aliphatic heterocycles. The molecule has 2 heterocycles. The second-order valence-corrected chi connectivity index (χ2v) is 6.51. The average molecular weight is 388 g/mol. The summed E-state index contributed by atoms with van der Waals surface area (Å²) in [7, 11) is 1.62. The van der Waals surface area contributed by atoms with Crippen LogP contribution in [0.5, 0.6) is 5.75 Å². The number of rotatable bonds is 4. The van der Waals surface area contributed by atoms with E-state index in [1.54, 1.807) is 23.9 Å². The minimum Gasteiger partial charge on any atom is -0.497 e. The molecule has 2 aromatic carbocycles. The van der Waals surface area contributed by atoms with Crippen molar-refractivity contribution in [1.82, 2.24) is 4.57 Å². The number of anilines is 1. The molecule has 3 aromatic rings. The zero-order valence-electron chi connectivity index (χ0n) is 15.2. The highest BCUT2D eigenvalue weighted by Crippen LogP contribution is 2.34. The molecular weight excluding hydrogens is 369 g/mol. The first kappa shape index (κ1) is 18.4. The van der Waals surface area contributed by atoms with Gasteiger partial charge in [-0.3, -0.25) is 0 Å². The van der Waals surface area contributed by atoms with E-state index in [1.165, 1.54) is 6.07 Å². The summed E-state index contributed by atoms with van der Waals surface area (Å²) in [5, 5.41) is 0. The third-order valence-electron chi connectivity index (χ3n) is 4.77. The molecule has 4 rings (SSSR count). The molecule has 0 saturated carbocycles. The van der Waals surface area contributed by atoms with Gasteiger partial charge in [0, 0.05) is 35.9 Å². The van der Waals surface area contributed by atoms with Gasteiger partial charge in [0.05, 0.1) is 19.3 Å². The van der Waals surface area contributed by atoms with Gasteiger partial charge < -0.3 is 18.9 Å². The summed E-state index contributed by atoms with van der Waals surface area (Å²) in [6.07, 6.45) is -1.10. The standard InChI is InChI=1S/C21H19F3N2O2/c1-27-19-7-5-17(6-8-19)26-11-12-28-20(26)15-9-10-25(14-15)18-4-2-3-16(13-18)21(22,23)24/h2-10,13-14,20H,11-12H2,1H3/t20-/m1/s1. The van der Waals surface area contributed by atoms with E-state index >= 15 is 0 Å². The van der Waals surface area contributed by atoms with Crippen molar-refractivity contribution in [3.05, 3.63) is 78.1 Å². The maximum absolute atomic E-state index is 13.0. The van der Waals surface area contributed by atoms with Crippen LogP contribution in [0.4, 0.5) is 18.9 Å². The second kappa shape index (κ2) is 7.24. The third-order valence-corrected chi connectivity index (χ3v) is 4.77. The average Bonchev–Trinajstić information content (AvgIpc) is 3.37. The van der Waals surface area contributed by atoms with Crippen LogP contribution in [0.15, 0.2) is 67.0 Å². The van der Waals surface area contributed by atoms with Crippen molar-refractivity contribution in [2.24, 2.45) is 0 Å². The van der Waals surface area contributed by atoms with E-state index in [0.717, 1.165) is 35.7 Å². The third kappa shape index (κ3) is 3.57. The van der Waals surface area contributed by atoms with Crippen molar-refractivity contribution in [2.45, 2.75) is 12.4 Å². The number of hydrogen-bond acceptors (Lipinski definition) is 3. The molecule has 1 fully saturated rings. The van der Waals surface area contributed by atoms with Crippen LogP contribution in [0.25, 0.3) is 5.69 Å². The quantitative estimate of drug-likeness (QED) is 0.627. The fourth-order valence-corrected chi connectivity index (χ4v) is 3.35. The van der Waals surface area contributed by atoms with Gasteiger partial charge in [0.15, 0.2) is 6.23 Å². The molecule has 7 heteroatoms. The number of nitrogens with zero attached hydrogens (tertiary/aromatic N) is 2. The first-order chi connectivity index (χ1) is 13.5. The van der Waals surface area contributed by atoms with Crippen LogP contribution in [0.3, 0.4) is 0 Å². The number of ether oxygens (including phenoxy) is 2. The number of alkyl halides is 3. The zero-order chi connectivity index (χ0) is 19.7. The fourth-order valence-electron chi connectivity index (χ4n) is 3.35. The van der Waals surface area contributed by atoms with E-state index in [0.29, 0.717) is 12.3 Å². The molecule has 1 aromatic heterocycles. The van der Waals surface area contributed by atoms with Gasteiger partial charge in [-0.05, 0) is 48.5 Å². The summed E-state index contributed by atoms with van der Waals surface area (Å²) < 4.78 is 51.7. The number of halogens is 3. The van der Waals surface area contributed by atoms with Crippen LogP contribution in [-0.4, -0.2) is 24.8 Å². The lowest BCUT2D eigenvalue weighted by Crippen LogP contribution is -2.22. The van der Waals surface area contributed by atoms with Crippen molar-refractivity contribution >= 4 is 5.69 Å². The van der Waals surface area contributed by atoms with E-state index in [2.05, 4.69) is 4.90 Å². The number of hydrogen-bond donors (Lipinski definition) is 0. The number of methoxy groups -OCH3 is 1. The fraction of sp³-hybridized carbons (Fsp3) is 0.238. The molecule has 28 heavy (non-hydrogen) atoms. The maximum atomic E-state index is 13.0. The summed E-state index contributed by atoms with van der Waals surface area (Å²) in [6, 6.07) is 14.8. The Labute approximate surface area is 160 Å². The normalized spacial score (nSPS) is 17.1. The smallest absolute Gasteiger partial charge is 0.416 e. The second-order valence-electron chi connectivity index (χ2n) is 6.51. The van der Waals surface area contributed by atoms with Crippen LogP contribution in [0.2, 0.25) is 0 Å². The number of benzene rings is 2. The molecule has 0 spiro atoms. The van der Waals surface area contributed by atoms with Crippen molar-refractivity contribution in [3.63, 3.8) is 0 Å². The van der Waals surface area contributed by atoms with Crippen LogP contribution >= 0.6 is 0 Å². The Morgan fingerprint density at radius 1 is 1.04 bits per heavy atom. The van der Waals surface area contributed by atoms with E-state index in [1.807, 2.05) is 36.5 Å². The predicted octanol–water partition coefficient (Wildman–Crippen LogP) is 5.04. The number of aromatic nitrogens is 1. The summed E-state index contributed by atoms with van der Waals surface area (Å²) >= 11 is 0. The van der Waals surface area contributed by atoms with Gasteiger partial charge in [-0.25, -0.2) is 0 Å². The molecule has 146 valence electrons. The van der Waals surface area contributed by atoms with Gasteiger partial charge in [-0.15, -0.1) is 0 Å². The first-order valence-corrected chi connectivity index (χ1v) is 8.83. The Morgan fingerprint density at radius 3 is 2.54 bits per heavy atom. The molecule has 0 aliphatic carbocycles. The Morgan fingerprint density at radius 2 is 1.82 bits per heavy atom. The minimum absolute atomic E-state index is 0.291. The summed E-state index contributed by atoms with van der Waals surface area (Å²) in [6.45, 7) is 1.30. The zero-order valence-corrected chi connectivity index (χ0v) is 15.2. The van der Waals surface area contributed by atoms with Crippen LogP contribution in [-0.2, 0) is 10.9 Å². The van der Waals surface area contributed by atoms with E-state index in [4.69, 9.17) is 9.47 Å². The van der Waals surface area contributed by atoms with Crippen LogP contribution in [0.1, 0.15) is 17.4 Å². The lowest BCUT2D eigenvalue weighted by molar-refractivity contribution is -0.137. The van der Waals surface area contributed by atoms with Gasteiger partial charge >= 0.3 is 6.18 Å². The van der Waals surface area contributed by atoms with E-state index in [-0.39, 0.29) is 6.23 Å². The van der Waals surface area contributed by atoms with Gasteiger partial charge in [-0.2, -0.15) is 13.2 Å². The monoisotopic (exact) mass is 388 g/mol. The van der Waals surface area contributed by atoms with Gasteiger partial charge in [0.25, 0.3) is 0 Å². The Balaban J connectivity index is 1.59. The van der Waals surface area contributed by atoms with Gasteiger partial charge in [0.1, 0.15) is 5.75 Å². The molecule has 0 N–H and O–H groups in total. The summed E-state index contributed by atoms with van der Waals surface area (Å²) in [4.78, 5) is 2.12. The molecule has 0 bridgehead atoms. The molecule has 0 amide bonds. The highest BCUT2D eigenvalue weighted by Gasteiger charge is 2.31. The highest BCUT2D eigenvalue weighted by atomic mass is 19.4. The Hall–Kier alpha value is -2.93. The lowest BCUT2D eigenvalue weighted by atomic mass is 10.2. The predicted molar refractivity (Wildman–Crippen MR) is 99.8 cm³/mol. The van der Waals surface area contributed by atoms with Crippen LogP contribution < -0.4 is 9.64 Å². The Kier molecular flexibility index (Phi) is 4.77. The van der Waals surface area contributed by atoms with Gasteiger partial charge in [-0.1, -0.05) is 6.07 Å². The van der Waals surface area contributed by atoms with Gasteiger partial charge in [0.2, 0.25) is 0 Å². The van der Waals surface area contributed by atoms with E-state index < -0.39 is 11.7 Å². The van der Waals surface area contributed by atoms with Crippen LogP contribution in [0, 0.1) is 0 Å². The summed E-state index contributed by atoms with van der Waals surface area (Å²) in [5.74, 6) is 0.774. The maximum Gasteiger partial charge on any atom is 0.416 e. The van der Waals surface area contributed by atoms with E-state index in [9.17, 15) is 13.2 Å². The van der Waals surface area contributed by atoms with Crippen molar-refractivity contribution in [3.8, 4) is 11.4 Å². The molecule has 1 atom stereocenters. The molecule has 0 unspecified atom stereocenters. The van der Waals surface area contributed by atoms with Crippen molar-refractivity contribution in [1.29, 1.82) is 0 Å². The summed E-state index contributed by atoms with van der Waals surface area (Å²) in [5.41, 5.74) is 1.66. The largest absolute Gasteiger partial charge is 0.497 e. The molecule has 1 saturated heterocycles. The molecule has 1 aliphatic rings. The first-order valence-electron chi connectivity index (χ1n) is 8.83. The highest BCUT2D eigenvalue weighted by molar-refractivity contribution is 5.51. The molecule has 0 radical (unpaired) electrons. The molecular formula is C21H19F3N2O2. The van der Waals surface area contributed by atoms with Crippen molar-refractivity contribution in [2.75, 3.05) is 25.2 Å². The topological polar surface area (TPSA) is 26.6 Å². The SMILES string of the molecule is COc1ccc(N2CCO[C@@H]2c2ccn(-c3cccc(C(F)(F)F)c3)c2)cc1. The van der Waals surface area contributed by atoms with Crippen molar-refractivity contribution < 1.29 is 22.6 Å². The lowest BCUT2D eigenvalue weighted by Gasteiger charge is -2.24. The minimum atomic E-state index is -4.37. The Bertz CT molecular complexity index is 951.